The minimum absolute atomic E-state index is 0.207. The van der Waals surface area contributed by atoms with Crippen LogP contribution in [0.4, 0.5) is 8.78 Å². The van der Waals surface area contributed by atoms with Gasteiger partial charge in [-0.25, -0.2) is 8.78 Å². The van der Waals surface area contributed by atoms with Gasteiger partial charge in [0.05, 0.1) is 0 Å². The lowest BCUT2D eigenvalue weighted by Gasteiger charge is -2.35. The van der Waals surface area contributed by atoms with Gasteiger partial charge in [-0.15, -0.1) is 0 Å². The minimum atomic E-state index is -2.02. The topological polar surface area (TPSA) is 18.5 Å². The first-order valence-electron chi connectivity index (χ1n) is 10.8. The number of allylic oxidation sites excluding steroid dienone is 2. The fourth-order valence-corrected chi connectivity index (χ4v) is 3.97. The molecule has 3 aromatic rings. The molecule has 1 unspecified atom stereocenters. The van der Waals surface area contributed by atoms with E-state index in [-0.39, 0.29) is 18.8 Å². The fraction of sp³-hybridized carbons (Fsp3) is 0.214. The summed E-state index contributed by atoms with van der Waals surface area (Å²) in [5, 5.41) is 0. The van der Waals surface area contributed by atoms with E-state index in [1.54, 1.807) is 32.1 Å². The predicted molar refractivity (Wildman–Crippen MR) is 125 cm³/mol. The Hall–Kier alpha value is -3.08. The number of alkyl halides is 1. The van der Waals surface area contributed by atoms with Crippen LogP contribution in [-0.4, -0.2) is 25.2 Å². The highest BCUT2D eigenvalue weighted by Gasteiger charge is 2.45. The monoisotopic (exact) mass is 432 g/mol. The molecule has 1 aliphatic rings. The maximum absolute atomic E-state index is 15.0. The third-order valence-electron chi connectivity index (χ3n) is 5.58. The molecule has 4 rings (SSSR count). The van der Waals surface area contributed by atoms with Crippen LogP contribution in [0.25, 0.3) is 27.8 Å². The summed E-state index contributed by atoms with van der Waals surface area (Å²) in [6.45, 7) is 3.88. The highest BCUT2D eigenvalue weighted by atomic mass is 19.2. The fourth-order valence-electron chi connectivity index (χ4n) is 3.97. The molecule has 1 atom stereocenters. The molecular formula is C28H26F2O2. The molecule has 1 aliphatic carbocycles. The van der Waals surface area contributed by atoms with Gasteiger partial charge in [0.2, 0.25) is 12.0 Å². The van der Waals surface area contributed by atoms with Gasteiger partial charge in [0.15, 0.2) is 0 Å². The number of hydrogen-bond acceptors (Lipinski definition) is 2. The SMILES string of the molecule is CCOC1(OCC)C=CC(c2ccc(-c3ccc(-c4ccccc4)cc3)cc2)=C(F)C1F. The lowest BCUT2D eigenvalue weighted by molar-refractivity contribution is -0.229. The predicted octanol–water partition coefficient (Wildman–Crippen LogP) is 7.38. The number of halogens is 2. The zero-order valence-corrected chi connectivity index (χ0v) is 18.2. The Labute approximate surface area is 187 Å². The van der Waals surface area contributed by atoms with Crippen LogP contribution in [0.1, 0.15) is 19.4 Å². The first-order valence-corrected chi connectivity index (χ1v) is 10.8. The lowest BCUT2D eigenvalue weighted by atomic mass is 9.92. The summed E-state index contributed by atoms with van der Waals surface area (Å²) in [5.41, 5.74) is 5.18. The van der Waals surface area contributed by atoms with E-state index in [9.17, 15) is 8.78 Å². The van der Waals surface area contributed by atoms with Crippen molar-refractivity contribution in [2.24, 2.45) is 0 Å². The molecule has 0 bridgehead atoms. The molecule has 0 saturated carbocycles. The summed E-state index contributed by atoms with van der Waals surface area (Å²) in [6.07, 6.45) is 0.993. The molecular weight excluding hydrogens is 406 g/mol. The van der Waals surface area contributed by atoms with E-state index < -0.39 is 17.8 Å². The number of ether oxygens (including phenoxy) is 2. The third-order valence-corrected chi connectivity index (χ3v) is 5.58. The zero-order chi connectivity index (χ0) is 22.6. The van der Waals surface area contributed by atoms with Crippen LogP contribution in [-0.2, 0) is 9.47 Å². The van der Waals surface area contributed by atoms with Crippen LogP contribution >= 0.6 is 0 Å². The van der Waals surface area contributed by atoms with Crippen molar-refractivity contribution in [2.45, 2.75) is 25.8 Å². The van der Waals surface area contributed by atoms with Crippen LogP contribution in [0.3, 0.4) is 0 Å². The van der Waals surface area contributed by atoms with Crippen LogP contribution in [0.2, 0.25) is 0 Å². The average Bonchev–Trinajstić information content (AvgIpc) is 2.84. The summed E-state index contributed by atoms with van der Waals surface area (Å²) < 4.78 is 40.9. The van der Waals surface area contributed by atoms with Gasteiger partial charge in [0, 0.05) is 18.8 Å². The third kappa shape index (κ3) is 4.29. The molecule has 3 aromatic carbocycles. The second kappa shape index (κ2) is 9.60. The van der Waals surface area contributed by atoms with Crippen molar-refractivity contribution in [3.05, 3.63) is 102 Å². The standard InChI is InChI=1S/C28H26F2O2/c1-3-31-28(32-4-2)19-18-25(26(29)27(28)30)24-16-14-23(15-17-24)22-12-10-21(11-13-22)20-8-6-5-7-9-20/h5-19,27H,3-4H2,1-2H3. The van der Waals surface area contributed by atoms with Gasteiger partial charge in [0.25, 0.3) is 0 Å². The van der Waals surface area contributed by atoms with Crippen molar-refractivity contribution < 1.29 is 18.3 Å². The molecule has 0 amide bonds. The van der Waals surface area contributed by atoms with Crippen molar-refractivity contribution in [3.8, 4) is 22.3 Å². The van der Waals surface area contributed by atoms with Crippen LogP contribution in [0, 0.1) is 0 Å². The minimum Gasteiger partial charge on any atom is -0.344 e. The van der Waals surface area contributed by atoms with Crippen LogP contribution in [0.5, 0.6) is 0 Å². The summed E-state index contributed by atoms with van der Waals surface area (Å²) in [7, 11) is 0. The average molecular weight is 433 g/mol. The molecule has 0 fully saturated rings. The smallest absolute Gasteiger partial charge is 0.227 e. The van der Waals surface area contributed by atoms with E-state index in [1.807, 2.05) is 30.3 Å². The summed E-state index contributed by atoms with van der Waals surface area (Å²) in [6, 6.07) is 25.9. The molecule has 0 aromatic heterocycles. The van der Waals surface area contributed by atoms with Gasteiger partial charge in [-0.05, 0) is 47.7 Å². The Kier molecular flexibility index (Phi) is 6.63. The summed E-state index contributed by atoms with van der Waals surface area (Å²) in [4.78, 5) is 0. The van der Waals surface area contributed by atoms with Gasteiger partial charge in [0.1, 0.15) is 5.83 Å². The van der Waals surface area contributed by atoms with Crippen molar-refractivity contribution >= 4 is 5.57 Å². The molecule has 32 heavy (non-hydrogen) atoms. The Bertz CT molecular complexity index is 1090. The highest BCUT2D eigenvalue weighted by molar-refractivity contribution is 5.79. The Balaban J connectivity index is 1.56. The molecule has 0 aliphatic heterocycles. The van der Waals surface area contributed by atoms with E-state index in [0.29, 0.717) is 5.56 Å². The summed E-state index contributed by atoms with van der Waals surface area (Å²) in [5.74, 6) is -2.59. The zero-order valence-electron chi connectivity index (χ0n) is 18.2. The largest absolute Gasteiger partial charge is 0.344 e. The van der Waals surface area contributed by atoms with E-state index in [2.05, 4.69) is 36.4 Å². The Morgan fingerprint density at radius 2 is 1.12 bits per heavy atom. The quantitative estimate of drug-likeness (QED) is 0.363. The van der Waals surface area contributed by atoms with Crippen molar-refractivity contribution in [1.82, 2.24) is 0 Å². The molecule has 164 valence electrons. The second-order valence-electron chi connectivity index (χ2n) is 7.57. The van der Waals surface area contributed by atoms with Crippen LogP contribution in [0.15, 0.2) is 96.8 Å². The van der Waals surface area contributed by atoms with Gasteiger partial charge in [-0.2, -0.15) is 0 Å². The van der Waals surface area contributed by atoms with Gasteiger partial charge in [-0.1, -0.05) is 84.9 Å². The number of rotatable bonds is 7. The van der Waals surface area contributed by atoms with Gasteiger partial charge < -0.3 is 9.47 Å². The van der Waals surface area contributed by atoms with Crippen molar-refractivity contribution in [3.63, 3.8) is 0 Å². The second-order valence-corrected chi connectivity index (χ2v) is 7.57. The van der Waals surface area contributed by atoms with Gasteiger partial charge in [-0.3, -0.25) is 0 Å². The highest BCUT2D eigenvalue weighted by Crippen LogP contribution is 2.39. The van der Waals surface area contributed by atoms with Crippen molar-refractivity contribution in [2.75, 3.05) is 13.2 Å². The van der Waals surface area contributed by atoms with Crippen molar-refractivity contribution in [1.29, 1.82) is 0 Å². The Morgan fingerprint density at radius 3 is 1.59 bits per heavy atom. The molecule has 0 radical (unpaired) electrons. The van der Waals surface area contributed by atoms with E-state index >= 15 is 0 Å². The van der Waals surface area contributed by atoms with E-state index in [4.69, 9.17) is 9.47 Å². The maximum Gasteiger partial charge on any atom is 0.227 e. The number of benzene rings is 3. The molecule has 0 spiro atoms. The van der Waals surface area contributed by atoms with E-state index in [0.717, 1.165) is 22.3 Å². The molecule has 0 heterocycles. The first kappa shape index (κ1) is 22.1. The molecule has 0 N–H and O–H groups in total. The molecule has 2 nitrogen and oxygen atoms in total. The van der Waals surface area contributed by atoms with Gasteiger partial charge >= 0.3 is 0 Å². The number of hydrogen-bond donors (Lipinski definition) is 0. The van der Waals surface area contributed by atoms with Crippen LogP contribution < -0.4 is 0 Å². The normalized spacial score (nSPS) is 17.6. The molecule has 4 heteroatoms. The molecule has 0 saturated heterocycles. The van der Waals surface area contributed by atoms with E-state index in [1.165, 1.54) is 6.08 Å². The first-order chi connectivity index (χ1) is 15.6. The Morgan fingerprint density at radius 1 is 0.688 bits per heavy atom. The lowest BCUT2D eigenvalue weighted by Crippen LogP contribution is -2.45. The summed E-state index contributed by atoms with van der Waals surface area (Å²) >= 11 is 0. The maximum atomic E-state index is 15.0.